The summed E-state index contributed by atoms with van der Waals surface area (Å²) >= 11 is 0. The molecule has 0 N–H and O–H groups in total. The Morgan fingerprint density at radius 3 is 2.40 bits per heavy atom. The number of hydrogen-bond donors (Lipinski definition) is 0. The van der Waals surface area contributed by atoms with Crippen molar-refractivity contribution in [3.05, 3.63) is 65.7 Å². The Morgan fingerprint density at radius 2 is 1.75 bits per heavy atom. The lowest BCUT2D eigenvalue weighted by atomic mass is 10.1. The van der Waals surface area contributed by atoms with Gasteiger partial charge in [-0.1, -0.05) is 12.1 Å². The number of aromatic nitrogens is 1. The molecule has 3 nitrogen and oxygen atoms in total. The fraction of sp³-hybridized carbons (Fsp3) is 0.250. The average molecular weight is 272 g/mol. The van der Waals surface area contributed by atoms with Crippen LogP contribution in [-0.4, -0.2) is 22.8 Å². The van der Waals surface area contributed by atoms with E-state index < -0.39 is 0 Å². The Morgan fingerprint density at radius 1 is 1.10 bits per heavy atom. The first-order chi connectivity index (χ1) is 9.65. The molecule has 1 aromatic carbocycles. The van der Waals surface area contributed by atoms with E-state index >= 15 is 0 Å². The van der Waals surface area contributed by atoms with Gasteiger partial charge in [0, 0.05) is 32.4 Å². The van der Waals surface area contributed by atoms with Crippen LogP contribution in [0, 0.1) is 5.82 Å². The molecule has 104 valence electrons. The Labute approximate surface area is 118 Å². The first-order valence-electron chi connectivity index (χ1n) is 6.52. The normalized spacial score (nSPS) is 10.3. The van der Waals surface area contributed by atoms with Crippen LogP contribution in [-0.2, 0) is 17.8 Å². The van der Waals surface area contributed by atoms with Gasteiger partial charge in [-0.15, -0.1) is 0 Å². The first kappa shape index (κ1) is 14.2. The average Bonchev–Trinajstić information content (AvgIpc) is 2.47. The summed E-state index contributed by atoms with van der Waals surface area (Å²) in [4.78, 5) is 17.7. The molecule has 0 spiro atoms. The summed E-state index contributed by atoms with van der Waals surface area (Å²) in [5, 5.41) is 0. The molecule has 0 aliphatic rings. The van der Waals surface area contributed by atoms with E-state index in [0.717, 1.165) is 11.1 Å². The zero-order valence-corrected chi connectivity index (χ0v) is 11.4. The van der Waals surface area contributed by atoms with Gasteiger partial charge in [0.2, 0.25) is 5.91 Å². The van der Waals surface area contributed by atoms with Crippen LogP contribution < -0.4 is 0 Å². The highest BCUT2D eigenvalue weighted by Crippen LogP contribution is 2.08. The molecule has 4 heteroatoms. The van der Waals surface area contributed by atoms with E-state index in [4.69, 9.17) is 0 Å². The summed E-state index contributed by atoms with van der Waals surface area (Å²) in [5.74, 6) is -0.180. The third-order valence-electron chi connectivity index (χ3n) is 3.14. The van der Waals surface area contributed by atoms with Crippen LogP contribution in [0.5, 0.6) is 0 Å². The van der Waals surface area contributed by atoms with Gasteiger partial charge in [-0.05, 0) is 41.8 Å². The molecule has 0 unspecified atom stereocenters. The van der Waals surface area contributed by atoms with Crippen molar-refractivity contribution in [1.29, 1.82) is 0 Å². The number of pyridine rings is 1. The number of benzene rings is 1. The quantitative estimate of drug-likeness (QED) is 0.838. The second-order valence-electron chi connectivity index (χ2n) is 4.73. The van der Waals surface area contributed by atoms with Crippen LogP contribution >= 0.6 is 0 Å². The number of nitrogens with zero attached hydrogens (tertiary/aromatic N) is 2. The van der Waals surface area contributed by atoms with Gasteiger partial charge in [-0.2, -0.15) is 0 Å². The second-order valence-corrected chi connectivity index (χ2v) is 4.73. The van der Waals surface area contributed by atoms with E-state index in [1.165, 1.54) is 12.1 Å². The number of carbonyl (C=O) groups is 1. The smallest absolute Gasteiger partial charge is 0.222 e. The molecule has 0 bridgehead atoms. The van der Waals surface area contributed by atoms with Gasteiger partial charge in [0.1, 0.15) is 5.82 Å². The topological polar surface area (TPSA) is 33.2 Å². The summed E-state index contributed by atoms with van der Waals surface area (Å²) < 4.78 is 12.8. The fourth-order valence-corrected chi connectivity index (χ4v) is 1.94. The highest BCUT2D eigenvalue weighted by atomic mass is 19.1. The number of hydrogen-bond acceptors (Lipinski definition) is 2. The highest BCUT2D eigenvalue weighted by Gasteiger charge is 2.09. The van der Waals surface area contributed by atoms with Crippen molar-refractivity contribution in [3.63, 3.8) is 0 Å². The molecule has 0 saturated carbocycles. The third kappa shape index (κ3) is 4.16. The summed E-state index contributed by atoms with van der Waals surface area (Å²) in [5.41, 5.74) is 2.02. The maximum Gasteiger partial charge on any atom is 0.222 e. The fourth-order valence-electron chi connectivity index (χ4n) is 1.94. The largest absolute Gasteiger partial charge is 0.341 e. The molecule has 1 heterocycles. The van der Waals surface area contributed by atoms with Crippen molar-refractivity contribution < 1.29 is 9.18 Å². The van der Waals surface area contributed by atoms with Crippen molar-refractivity contribution in [3.8, 4) is 0 Å². The molecule has 1 amide bonds. The molecule has 1 aromatic heterocycles. The Kier molecular flexibility index (Phi) is 4.82. The molecule has 20 heavy (non-hydrogen) atoms. The van der Waals surface area contributed by atoms with Crippen LogP contribution in [0.15, 0.2) is 48.8 Å². The van der Waals surface area contributed by atoms with Crippen molar-refractivity contribution in [2.45, 2.75) is 19.4 Å². The second kappa shape index (κ2) is 6.80. The van der Waals surface area contributed by atoms with Gasteiger partial charge in [-0.3, -0.25) is 9.78 Å². The summed E-state index contributed by atoms with van der Waals surface area (Å²) in [6.45, 7) is 0.574. The minimum atomic E-state index is -0.255. The number of rotatable bonds is 5. The molecular formula is C16H17FN2O. The molecule has 0 aliphatic heterocycles. The minimum Gasteiger partial charge on any atom is -0.341 e. The predicted molar refractivity (Wildman–Crippen MR) is 75.4 cm³/mol. The van der Waals surface area contributed by atoms with E-state index in [0.29, 0.717) is 19.4 Å². The predicted octanol–water partition coefficient (Wildman–Crippen LogP) is 2.81. The number of amides is 1. The van der Waals surface area contributed by atoms with Gasteiger partial charge in [0.05, 0.1) is 0 Å². The number of carbonyl (C=O) groups excluding carboxylic acids is 1. The third-order valence-corrected chi connectivity index (χ3v) is 3.14. The maximum atomic E-state index is 12.8. The lowest BCUT2D eigenvalue weighted by Gasteiger charge is -2.17. The Balaban J connectivity index is 1.83. The highest BCUT2D eigenvalue weighted by molar-refractivity contribution is 5.76. The van der Waals surface area contributed by atoms with Gasteiger partial charge in [0.25, 0.3) is 0 Å². The summed E-state index contributed by atoms with van der Waals surface area (Å²) in [7, 11) is 1.79. The van der Waals surface area contributed by atoms with Crippen LogP contribution in [0.3, 0.4) is 0 Å². The van der Waals surface area contributed by atoms with E-state index in [9.17, 15) is 9.18 Å². The molecule has 0 aliphatic carbocycles. The summed E-state index contributed by atoms with van der Waals surface area (Å²) in [6.07, 6.45) is 4.48. The SMILES string of the molecule is CN(Cc1ccncc1)C(=O)CCc1ccc(F)cc1. The molecular weight excluding hydrogens is 255 g/mol. The van der Waals surface area contributed by atoms with Crippen LogP contribution in [0.4, 0.5) is 4.39 Å². The van der Waals surface area contributed by atoms with Crippen molar-refractivity contribution in [2.24, 2.45) is 0 Å². The minimum absolute atomic E-state index is 0.0751. The number of aryl methyl sites for hydroxylation is 1. The Bertz CT molecular complexity index is 554. The van der Waals surface area contributed by atoms with E-state index in [1.54, 1.807) is 36.5 Å². The van der Waals surface area contributed by atoms with E-state index in [-0.39, 0.29) is 11.7 Å². The van der Waals surface area contributed by atoms with Crippen molar-refractivity contribution in [2.75, 3.05) is 7.05 Å². The molecule has 2 aromatic rings. The molecule has 0 radical (unpaired) electrons. The van der Waals surface area contributed by atoms with Crippen LogP contribution in [0.2, 0.25) is 0 Å². The van der Waals surface area contributed by atoms with Crippen molar-refractivity contribution in [1.82, 2.24) is 9.88 Å². The summed E-state index contributed by atoms with van der Waals surface area (Å²) in [6, 6.07) is 10.0. The zero-order chi connectivity index (χ0) is 14.4. The van der Waals surface area contributed by atoms with Crippen molar-refractivity contribution >= 4 is 5.91 Å². The number of halogens is 1. The zero-order valence-electron chi connectivity index (χ0n) is 11.4. The van der Waals surface area contributed by atoms with Crippen LogP contribution in [0.1, 0.15) is 17.5 Å². The molecule has 0 saturated heterocycles. The first-order valence-corrected chi connectivity index (χ1v) is 6.52. The lowest BCUT2D eigenvalue weighted by Crippen LogP contribution is -2.26. The van der Waals surface area contributed by atoms with Gasteiger partial charge in [-0.25, -0.2) is 4.39 Å². The van der Waals surface area contributed by atoms with Crippen LogP contribution in [0.25, 0.3) is 0 Å². The van der Waals surface area contributed by atoms with Gasteiger partial charge in [0.15, 0.2) is 0 Å². The standard InChI is InChI=1S/C16H17FN2O/c1-19(12-14-8-10-18-11-9-14)16(20)7-4-13-2-5-15(17)6-3-13/h2-3,5-6,8-11H,4,7,12H2,1H3. The van der Waals surface area contributed by atoms with Gasteiger partial charge >= 0.3 is 0 Å². The lowest BCUT2D eigenvalue weighted by molar-refractivity contribution is -0.130. The molecule has 0 atom stereocenters. The molecule has 2 rings (SSSR count). The van der Waals surface area contributed by atoms with E-state index in [2.05, 4.69) is 4.98 Å². The maximum absolute atomic E-state index is 12.8. The van der Waals surface area contributed by atoms with E-state index in [1.807, 2.05) is 12.1 Å². The van der Waals surface area contributed by atoms with Gasteiger partial charge < -0.3 is 4.90 Å². The molecule has 0 fully saturated rings. The monoisotopic (exact) mass is 272 g/mol. The Hall–Kier alpha value is -2.23.